The highest BCUT2D eigenvalue weighted by Gasteiger charge is 2.11. The van der Waals surface area contributed by atoms with Crippen LogP contribution in [0, 0.1) is 12.7 Å². The molecule has 1 N–H and O–H groups in total. The maximum absolute atomic E-state index is 13.1. The first-order chi connectivity index (χ1) is 8.97. The summed E-state index contributed by atoms with van der Waals surface area (Å²) in [5.41, 5.74) is 1.16. The second-order valence-electron chi connectivity index (χ2n) is 3.91. The van der Waals surface area contributed by atoms with Crippen LogP contribution in [0.15, 0.2) is 34.9 Å². The third-order valence-electron chi connectivity index (χ3n) is 2.47. The molecule has 0 aliphatic heterocycles. The summed E-state index contributed by atoms with van der Waals surface area (Å²) in [6.45, 7) is 1.60. The Bertz CT molecular complexity index is 649. The number of carbonyl (C=O) groups is 1. The predicted molar refractivity (Wildman–Crippen MR) is 76.0 cm³/mol. The van der Waals surface area contributed by atoms with Gasteiger partial charge in [0.05, 0.1) is 5.69 Å². The molecule has 0 unspecified atom stereocenters. The van der Waals surface area contributed by atoms with Gasteiger partial charge in [0.2, 0.25) is 0 Å². The van der Waals surface area contributed by atoms with E-state index in [2.05, 4.69) is 26.2 Å². The molecule has 0 fully saturated rings. The van der Waals surface area contributed by atoms with Crippen LogP contribution in [0.5, 0.6) is 0 Å². The van der Waals surface area contributed by atoms with Crippen LogP contribution in [0.2, 0.25) is 5.15 Å². The standard InChI is InChI=1S/C13H9BrClFN2O/c1-7-4-8(2-3-10(7)16)13(19)18-11-5-9(14)6-17-12(11)15/h2-6H,1H3,(H,18,19). The summed E-state index contributed by atoms with van der Waals surface area (Å²) in [4.78, 5) is 15.9. The molecule has 6 heteroatoms. The molecule has 0 radical (unpaired) electrons. The van der Waals surface area contributed by atoms with Gasteiger partial charge in [-0.2, -0.15) is 0 Å². The summed E-state index contributed by atoms with van der Waals surface area (Å²) >= 11 is 9.12. The quantitative estimate of drug-likeness (QED) is 0.831. The number of benzene rings is 1. The Balaban J connectivity index is 2.25. The van der Waals surface area contributed by atoms with Crippen molar-refractivity contribution in [2.45, 2.75) is 6.92 Å². The fourth-order valence-corrected chi connectivity index (χ4v) is 1.97. The number of amides is 1. The molecule has 0 aliphatic rings. The molecule has 0 saturated carbocycles. The average molecular weight is 344 g/mol. The fraction of sp³-hybridized carbons (Fsp3) is 0.0769. The van der Waals surface area contributed by atoms with Gasteiger partial charge in [0.25, 0.3) is 5.91 Å². The van der Waals surface area contributed by atoms with Gasteiger partial charge in [-0.15, -0.1) is 0 Å². The summed E-state index contributed by atoms with van der Waals surface area (Å²) < 4.78 is 13.8. The van der Waals surface area contributed by atoms with Gasteiger partial charge in [0, 0.05) is 16.2 Å². The Morgan fingerprint density at radius 1 is 1.42 bits per heavy atom. The normalized spacial score (nSPS) is 10.3. The molecule has 19 heavy (non-hydrogen) atoms. The second-order valence-corrected chi connectivity index (χ2v) is 5.18. The summed E-state index contributed by atoms with van der Waals surface area (Å²) in [6.07, 6.45) is 1.53. The van der Waals surface area contributed by atoms with E-state index < -0.39 is 0 Å². The van der Waals surface area contributed by atoms with E-state index in [0.29, 0.717) is 21.3 Å². The summed E-state index contributed by atoms with van der Waals surface area (Å²) in [6, 6.07) is 5.79. The number of aryl methyl sites for hydroxylation is 1. The Morgan fingerprint density at radius 2 is 2.16 bits per heavy atom. The van der Waals surface area contributed by atoms with E-state index in [1.807, 2.05) is 0 Å². The molecule has 0 aliphatic carbocycles. The number of pyridine rings is 1. The lowest BCUT2D eigenvalue weighted by Crippen LogP contribution is -2.13. The van der Waals surface area contributed by atoms with Gasteiger partial charge in [0.15, 0.2) is 5.15 Å². The largest absolute Gasteiger partial charge is 0.319 e. The zero-order chi connectivity index (χ0) is 14.0. The van der Waals surface area contributed by atoms with Crippen molar-refractivity contribution in [2.75, 3.05) is 5.32 Å². The number of hydrogen-bond acceptors (Lipinski definition) is 2. The lowest BCUT2D eigenvalue weighted by Gasteiger charge is -2.08. The van der Waals surface area contributed by atoms with Crippen molar-refractivity contribution in [3.05, 3.63) is 57.0 Å². The molecule has 0 spiro atoms. The second kappa shape index (κ2) is 5.67. The molecule has 0 atom stereocenters. The van der Waals surface area contributed by atoms with Gasteiger partial charge in [-0.05, 0) is 52.7 Å². The summed E-state index contributed by atoms with van der Waals surface area (Å²) in [7, 11) is 0. The number of nitrogens with one attached hydrogen (secondary N) is 1. The minimum Gasteiger partial charge on any atom is -0.319 e. The van der Waals surface area contributed by atoms with Crippen molar-refractivity contribution in [3.63, 3.8) is 0 Å². The average Bonchev–Trinajstić information content (AvgIpc) is 2.37. The SMILES string of the molecule is Cc1cc(C(=O)Nc2cc(Br)cnc2Cl)ccc1F. The molecule has 2 aromatic rings. The van der Waals surface area contributed by atoms with Gasteiger partial charge < -0.3 is 5.32 Å². The fourth-order valence-electron chi connectivity index (χ4n) is 1.49. The number of anilines is 1. The Kier molecular flexibility index (Phi) is 4.17. The van der Waals surface area contributed by atoms with E-state index in [0.717, 1.165) is 0 Å². The smallest absolute Gasteiger partial charge is 0.255 e. The number of carbonyl (C=O) groups excluding carboxylic acids is 1. The molecule has 1 heterocycles. The maximum atomic E-state index is 13.1. The maximum Gasteiger partial charge on any atom is 0.255 e. The van der Waals surface area contributed by atoms with Crippen LogP contribution in [-0.2, 0) is 0 Å². The van der Waals surface area contributed by atoms with Crippen LogP contribution < -0.4 is 5.32 Å². The Labute approximate surface area is 122 Å². The molecular weight excluding hydrogens is 335 g/mol. The first-order valence-electron chi connectivity index (χ1n) is 5.36. The molecule has 0 saturated heterocycles. The van der Waals surface area contributed by atoms with Gasteiger partial charge >= 0.3 is 0 Å². The first kappa shape index (κ1) is 14.0. The highest BCUT2D eigenvalue weighted by molar-refractivity contribution is 9.10. The monoisotopic (exact) mass is 342 g/mol. The lowest BCUT2D eigenvalue weighted by molar-refractivity contribution is 0.102. The van der Waals surface area contributed by atoms with Crippen LogP contribution in [-0.4, -0.2) is 10.9 Å². The van der Waals surface area contributed by atoms with Gasteiger partial charge in [-0.1, -0.05) is 11.6 Å². The van der Waals surface area contributed by atoms with Crippen molar-refractivity contribution in [1.29, 1.82) is 0 Å². The molecule has 2 rings (SSSR count). The molecule has 1 amide bonds. The van der Waals surface area contributed by atoms with Crippen molar-refractivity contribution in [3.8, 4) is 0 Å². The molecule has 1 aromatic carbocycles. The van der Waals surface area contributed by atoms with Gasteiger partial charge in [-0.25, -0.2) is 9.37 Å². The van der Waals surface area contributed by atoms with E-state index >= 15 is 0 Å². The molecule has 0 bridgehead atoms. The number of nitrogens with zero attached hydrogens (tertiary/aromatic N) is 1. The van der Waals surface area contributed by atoms with E-state index in [4.69, 9.17) is 11.6 Å². The molecule has 1 aromatic heterocycles. The third-order valence-corrected chi connectivity index (χ3v) is 3.21. The minimum absolute atomic E-state index is 0.190. The van der Waals surface area contributed by atoms with Crippen LogP contribution >= 0.6 is 27.5 Å². The Morgan fingerprint density at radius 3 is 2.84 bits per heavy atom. The van der Waals surface area contributed by atoms with Crippen molar-refractivity contribution in [1.82, 2.24) is 4.98 Å². The van der Waals surface area contributed by atoms with E-state index in [1.54, 1.807) is 13.0 Å². The number of rotatable bonds is 2. The topological polar surface area (TPSA) is 42.0 Å². The number of aromatic nitrogens is 1. The van der Waals surface area contributed by atoms with E-state index in [1.165, 1.54) is 24.4 Å². The van der Waals surface area contributed by atoms with Crippen molar-refractivity contribution in [2.24, 2.45) is 0 Å². The summed E-state index contributed by atoms with van der Waals surface area (Å²) in [5, 5.41) is 2.82. The molecule has 98 valence electrons. The van der Waals surface area contributed by atoms with Gasteiger partial charge in [0.1, 0.15) is 5.82 Å². The van der Waals surface area contributed by atoms with Crippen molar-refractivity contribution < 1.29 is 9.18 Å². The lowest BCUT2D eigenvalue weighted by atomic mass is 10.1. The zero-order valence-corrected chi connectivity index (χ0v) is 12.2. The van der Waals surface area contributed by atoms with Crippen LogP contribution in [0.1, 0.15) is 15.9 Å². The molecular formula is C13H9BrClFN2O. The van der Waals surface area contributed by atoms with E-state index in [9.17, 15) is 9.18 Å². The van der Waals surface area contributed by atoms with E-state index in [-0.39, 0.29) is 16.9 Å². The molecule has 3 nitrogen and oxygen atoms in total. The number of hydrogen-bond donors (Lipinski definition) is 1. The Hall–Kier alpha value is -1.46. The van der Waals surface area contributed by atoms with Crippen LogP contribution in [0.3, 0.4) is 0 Å². The first-order valence-corrected chi connectivity index (χ1v) is 6.53. The highest BCUT2D eigenvalue weighted by Crippen LogP contribution is 2.23. The minimum atomic E-state index is -0.370. The predicted octanol–water partition coefficient (Wildman–Crippen LogP) is 4.20. The zero-order valence-electron chi connectivity index (χ0n) is 9.88. The highest BCUT2D eigenvalue weighted by atomic mass is 79.9. The summed E-state index contributed by atoms with van der Waals surface area (Å²) in [5.74, 6) is -0.719. The van der Waals surface area contributed by atoms with Crippen LogP contribution in [0.4, 0.5) is 10.1 Å². The van der Waals surface area contributed by atoms with Gasteiger partial charge in [-0.3, -0.25) is 4.79 Å². The van der Waals surface area contributed by atoms with Crippen molar-refractivity contribution >= 4 is 39.1 Å². The van der Waals surface area contributed by atoms with Crippen LogP contribution in [0.25, 0.3) is 0 Å². The third kappa shape index (κ3) is 3.30. The number of halogens is 3.